The molecule has 0 saturated carbocycles. The number of carbonyl (C=O) groups excluding carboxylic acids is 1. The first-order valence-corrected chi connectivity index (χ1v) is 13.8. The highest BCUT2D eigenvalue weighted by atomic mass is 32.2. The zero-order valence-electron chi connectivity index (χ0n) is 20.6. The van der Waals surface area contributed by atoms with Crippen LogP contribution in [0.1, 0.15) is 18.4 Å². The first-order valence-electron chi connectivity index (χ1n) is 12.8. The molecular formula is C30H29N5OS. The molecule has 0 unspecified atom stereocenters. The van der Waals surface area contributed by atoms with Gasteiger partial charge in [-0.25, -0.2) is 0 Å². The molecule has 1 N–H and O–H groups in total. The van der Waals surface area contributed by atoms with Crippen LogP contribution in [-0.4, -0.2) is 49.4 Å². The predicted octanol–water partition coefficient (Wildman–Crippen LogP) is 5.99. The Morgan fingerprint density at radius 3 is 2.38 bits per heavy atom. The summed E-state index contributed by atoms with van der Waals surface area (Å²) in [6, 6.07) is 28.9. The zero-order chi connectivity index (χ0) is 25.0. The summed E-state index contributed by atoms with van der Waals surface area (Å²) < 4.78 is 2.06. The summed E-state index contributed by atoms with van der Waals surface area (Å²) in [7, 11) is 0. The Bertz CT molecular complexity index is 1490. The van der Waals surface area contributed by atoms with E-state index in [2.05, 4.69) is 62.2 Å². The van der Waals surface area contributed by atoms with E-state index in [1.165, 1.54) is 17.3 Å². The van der Waals surface area contributed by atoms with Gasteiger partial charge in [0.15, 0.2) is 11.0 Å². The number of aromatic amines is 1. The van der Waals surface area contributed by atoms with E-state index in [9.17, 15) is 4.79 Å². The van der Waals surface area contributed by atoms with Crippen LogP contribution in [0.5, 0.6) is 0 Å². The maximum atomic E-state index is 13.1. The van der Waals surface area contributed by atoms with Crippen LogP contribution in [0.15, 0.2) is 96.3 Å². The number of likely N-dealkylation sites (tertiary alicyclic amines) is 1. The molecule has 1 fully saturated rings. The molecule has 2 aromatic heterocycles. The monoisotopic (exact) mass is 507 g/mol. The number of amides is 1. The summed E-state index contributed by atoms with van der Waals surface area (Å²) in [5, 5.41) is 10.9. The SMILES string of the molecule is O=C(CSc1nnc(-c2c[nH]c3ccccc23)n1-c1ccccc1)N1CCC(Cc2ccccc2)CC1. The summed E-state index contributed by atoms with van der Waals surface area (Å²) in [6.45, 7) is 1.64. The molecule has 0 aliphatic carbocycles. The number of carbonyl (C=O) groups is 1. The average Bonchev–Trinajstić information content (AvgIpc) is 3.57. The molecule has 6 nitrogen and oxygen atoms in total. The molecule has 0 spiro atoms. The van der Waals surface area contributed by atoms with Crippen molar-refractivity contribution >= 4 is 28.6 Å². The first-order chi connectivity index (χ1) is 18.3. The normalized spacial score (nSPS) is 14.3. The highest BCUT2D eigenvalue weighted by molar-refractivity contribution is 7.99. The van der Waals surface area contributed by atoms with E-state index in [0.29, 0.717) is 11.7 Å². The molecule has 0 atom stereocenters. The Kier molecular flexibility index (Phi) is 6.78. The number of nitrogens with zero attached hydrogens (tertiary/aromatic N) is 4. The number of fused-ring (bicyclic) bond motifs is 1. The van der Waals surface area contributed by atoms with E-state index in [-0.39, 0.29) is 5.91 Å². The number of thioether (sulfide) groups is 1. The lowest BCUT2D eigenvalue weighted by Crippen LogP contribution is -2.39. The fraction of sp³-hybridized carbons (Fsp3) is 0.233. The van der Waals surface area contributed by atoms with Gasteiger partial charge in [-0.15, -0.1) is 10.2 Å². The molecule has 1 aliphatic rings. The van der Waals surface area contributed by atoms with E-state index in [4.69, 9.17) is 0 Å². The molecule has 1 aliphatic heterocycles. The van der Waals surface area contributed by atoms with Gasteiger partial charge in [0.1, 0.15) is 0 Å². The maximum Gasteiger partial charge on any atom is 0.233 e. The number of piperidine rings is 1. The fourth-order valence-corrected chi connectivity index (χ4v) is 6.01. The zero-order valence-corrected chi connectivity index (χ0v) is 21.4. The van der Waals surface area contributed by atoms with Crippen LogP contribution in [0.2, 0.25) is 0 Å². The van der Waals surface area contributed by atoms with Crippen molar-refractivity contribution in [1.82, 2.24) is 24.6 Å². The number of nitrogens with one attached hydrogen (secondary N) is 1. The third-order valence-corrected chi connectivity index (χ3v) is 8.05. The lowest BCUT2D eigenvalue weighted by Gasteiger charge is -2.32. The summed E-state index contributed by atoms with van der Waals surface area (Å²) in [5.41, 5.74) is 4.41. The molecular weight excluding hydrogens is 478 g/mol. The van der Waals surface area contributed by atoms with Crippen LogP contribution in [0, 0.1) is 5.92 Å². The second-order valence-electron chi connectivity index (χ2n) is 9.53. The van der Waals surface area contributed by atoms with Gasteiger partial charge in [-0.2, -0.15) is 0 Å². The summed E-state index contributed by atoms with van der Waals surface area (Å²) in [4.78, 5) is 18.5. The second-order valence-corrected chi connectivity index (χ2v) is 10.5. The molecule has 186 valence electrons. The summed E-state index contributed by atoms with van der Waals surface area (Å²) >= 11 is 1.46. The fourth-order valence-electron chi connectivity index (χ4n) is 5.16. The van der Waals surface area contributed by atoms with Crippen molar-refractivity contribution in [3.8, 4) is 17.1 Å². The summed E-state index contributed by atoms with van der Waals surface area (Å²) in [6.07, 6.45) is 5.17. The van der Waals surface area contributed by atoms with Gasteiger partial charge < -0.3 is 9.88 Å². The first kappa shape index (κ1) is 23.6. The number of para-hydroxylation sites is 2. The molecule has 0 bridgehead atoms. The van der Waals surface area contributed by atoms with E-state index in [0.717, 1.165) is 65.5 Å². The lowest BCUT2D eigenvalue weighted by molar-refractivity contribution is -0.129. The Hall–Kier alpha value is -3.84. The van der Waals surface area contributed by atoms with Gasteiger partial charge in [0, 0.05) is 41.4 Å². The van der Waals surface area contributed by atoms with Crippen molar-refractivity contribution in [2.75, 3.05) is 18.8 Å². The standard InChI is InChI=1S/C30H29N5OS/c36-28(34-17-15-23(16-18-34)19-22-9-3-1-4-10-22)21-37-30-33-32-29(35(30)24-11-5-2-6-12-24)26-20-31-27-14-8-7-13-25(26)27/h1-14,20,23,31H,15-19,21H2. The number of aromatic nitrogens is 4. The molecule has 0 radical (unpaired) electrons. The minimum absolute atomic E-state index is 0.166. The topological polar surface area (TPSA) is 66.8 Å². The van der Waals surface area contributed by atoms with Crippen molar-refractivity contribution < 1.29 is 4.79 Å². The van der Waals surface area contributed by atoms with Gasteiger partial charge in [-0.3, -0.25) is 9.36 Å². The van der Waals surface area contributed by atoms with Crippen molar-refractivity contribution in [2.24, 2.45) is 5.92 Å². The Labute approximate surface area is 220 Å². The number of rotatable bonds is 7. The van der Waals surface area contributed by atoms with E-state index >= 15 is 0 Å². The largest absolute Gasteiger partial charge is 0.360 e. The summed E-state index contributed by atoms with van der Waals surface area (Å²) in [5.74, 6) is 1.92. The highest BCUT2D eigenvalue weighted by Gasteiger charge is 2.25. The van der Waals surface area contributed by atoms with Crippen LogP contribution in [0.4, 0.5) is 0 Å². The predicted molar refractivity (Wildman–Crippen MR) is 149 cm³/mol. The molecule has 3 heterocycles. The van der Waals surface area contributed by atoms with Crippen LogP contribution in [0.25, 0.3) is 28.0 Å². The molecule has 1 amide bonds. The maximum absolute atomic E-state index is 13.1. The average molecular weight is 508 g/mol. The van der Waals surface area contributed by atoms with Crippen LogP contribution in [0.3, 0.4) is 0 Å². The molecule has 6 rings (SSSR count). The minimum Gasteiger partial charge on any atom is -0.360 e. The molecule has 3 aromatic carbocycles. The Balaban J connectivity index is 1.17. The molecule has 5 aromatic rings. The van der Waals surface area contributed by atoms with Gasteiger partial charge in [0.2, 0.25) is 5.91 Å². The smallest absolute Gasteiger partial charge is 0.233 e. The molecule has 37 heavy (non-hydrogen) atoms. The quantitative estimate of drug-likeness (QED) is 0.275. The van der Waals surface area contributed by atoms with Gasteiger partial charge >= 0.3 is 0 Å². The third kappa shape index (κ3) is 5.04. The minimum atomic E-state index is 0.166. The number of benzene rings is 3. The van der Waals surface area contributed by atoms with Gasteiger partial charge in [-0.05, 0) is 48.9 Å². The number of hydrogen-bond acceptors (Lipinski definition) is 4. The highest BCUT2D eigenvalue weighted by Crippen LogP contribution is 2.32. The van der Waals surface area contributed by atoms with Crippen LogP contribution >= 0.6 is 11.8 Å². The van der Waals surface area contributed by atoms with Crippen molar-refractivity contribution in [3.05, 3.63) is 96.7 Å². The van der Waals surface area contributed by atoms with Crippen LogP contribution < -0.4 is 0 Å². The molecule has 7 heteroatoms. The second kappa shape index (κ2) is 10.6. The van der Waals surface area contributed by atoms with Crippen LogP contribution in [-0.2, 0) is 11.2 Å². The third-order valence-electron chi connectivity index (χ3n) is 7.14. The van der Waals surface area contributed by atoms with Gasteiger partial charge in [-0.1, -0.05) is 78.5 Å². The Morgan fingerprint density at radius 2 is 1.59 bits per heavy atom. The van der Waals surface area contributed by atoms with E-state index < -0.39 is 0 Å². The number of H-pyrrole nitrogens is 1. The lowest BCUT2D eigenvalue weighted by atomic mass is 9.90. The van der Waals surface area contributed by atoms with Gasteiger partial charge in [0.25, 0.3) is 0 Å². The van der Waals surface area contributed by atoms with Gasteiger partial charge in [0.05, 0.1) is 5.75 Å². The van der Waals surface area contributed by atoms with Crippen molar-refractivity contribution in [3.63, 3.8) is 0 Å². The number of hydrogen-bond donors (Lipinski definition) is 1. The Morgan fingerprint density at radius 1 is 0.892 bits per heavy atom. The van der Waals surface area contributed by atoms with E-state index in [1.54, 1.807) is 0 Å². The van der Waals surface area contributed by atoms with Crippen molar-refractivity contribution in [2.45, 2.75) is 24.4 Å². The van der Waals surface area contributed by atoms with Crippen molar-refractivity contribution in [1.29, 1.82) is 0 Å². The van der Waals surface area contributed by atoms with E-state index in [1.807, 2.05) is 53.6 Å². The molecule has 1 saturated heterocycles.